The quantitative estimate of drug-likeness (QED) is 0.517. The molecule has 0 aliphatic heterocycles. The zero-order valence-electron chi connectivity index (χ0n) is 6.31. The van der Waals surface area contributed by atoms with Crippen LogP contribution < -0.4 is 16.7 Å². The van der Waals surface area contributed by atoms with Gasteiger partial charge in [0.2, 0.25) is 0 Å². The van der Waals surface area contributed by atoms with E-state index in [1.807, 2.05) is 18.2 Å². The summed E-state index contributed by atoms with van der Waals surface area (Å²) in [5.74, 6) is 4.96. The number of nitrogens with zero attached hydrogens (tertiary/aromatic N) is 1. The summed E-state index contributed by atoms with van der Waals surface area (Å²) in [4.78, 5) is 4.46. The molecular weight excluding hydrogens is 174 g/mol. The van der Waals surface area contributed by atoms with E-state index in [0.29, 0.717) is 5.69 Å². The average molecular weight is 183 g/mol. The maximum absolute atomic E-state index is 5.33. The first kappa shape index (κ1) is 8.92. The summed E-state index contributed by atoms with van der Waals surface area (Å²) in [5, 5.41) is 1.23. The Balaban J connectivity index is 2.88. The largest absolute Gasteiger partial charge is 0.374 e. The molecule has 4 N–H and O–H groups in total. The highest BCUT2D eigenvalue weighted by Crippen LogP contribution is 2.11. The molecule has 0 heterocycles. The van der Waals surface area contributed by atoms with E-state index in [4.69, 9.17) is 23.8 Å². The van der Waals surface area contributed by atoms with Gasteiger partial charge in [0.15, 0.2) is 5.11 Å². The lowest BCUT2D eigenvalue weighted by atomic mass is 10.3. The molecule has 0 aromatic heterocycles. The second kappa shape index (κ2) is 4.01. The van der Waals surface area contributed by atoms with E-state index in [1.165, 1.54) is 0 Å². The predicted molar refractivity (Wildman–Crippen MR) is 51.0 cm³/mol. The Morgan fingerprint density at radius 2 is 1.92 bits per heavy atom. The summed E-state index contributed by atoms with van der Waals surface area (Å²) in [6, 6.07) is 9.11. The summed E-state index contributed by atoms with van der Waals surface area (Å²) in [6.45, 7) is 0. The first-order chi connectivity index (χ1) is 5.75. The fourth-order valence-corrected chi connectivity index (χ4v) is 0.952. The van der Waals surface area contributed by atoms with E-state index in [0.717, 1.165) is 5.06 Å². The number of nitrogens with two attached hydrogens (primary N) is 2. The summed E-state index contributed by atoms with van der Waals surface area (Å²) < 4.78 is 0. The van der Waals surface area contributed by atoms with Crippen molar-refractivity contribution in [2.45, 2.75) is 0 Å². The van der Waals surface area contributed by atoms with E-state index >= 15 is 0 Å². The molecule has 0 radical (unpaired) electrons. The van der Waals surface area contributed by atoms with Crippen LogP contribution in [-0.4, -0.2) is 5.11 Å². The van der Waals surface area contributed by atoms with Gasteiger partial charge in [-0.05, 0) is 24.4 Å². The Hall–Kier alpha value is -1.17. The molecule has 5 heteroatoms. The minimum Gasteiger partial charge on any atom is -0.374 e. The summed E-state index contributed by atoms with van der Waals surface area (Å²) in [6.07, 6.45) is 0. The molecule has 0 fully saturated rings. The molecule has 0 bridgehead atoms. The van der Waals surface area contributed by atoms with Crippen LogP contribution in [0, 0.1) is 0 Å². The molecular formula is C7H9N3OS. The number of hydroxylamine groups is 1. The van der Waals surface area contributed by atoms with Crippen molar-refractivity contribution in [2.75, 3.05) is 5.06 Å². The van der Waals surface area contributed by atoms with Crippen molar-refractivity contribution in [1.29, 1.82) is 0 Å². The van der Waals surface area contributed by atoms with Crippen molar-refractivity contribution in [1.82, 2.24) is 0 Å². The Bertz CT molecular complexity index is 265. The number of benzene rings is 1. The molecule has 1 aromatic carbocycles. The lowest BCUT2D eigenvalue weighted by molar-refractivity contribution is 0.148. The third-order valence-electron chi connectivity index (χ3n) is 1.30. The van der Waals surface area contributed by atoms with Gasteiger partial charge in [0.25, 0.3) is 0 Å². The van der Waals surface area contributed by atoms with Gasteiger partial charge in [-0.25, -0.2) is 0 Å². The zero-order valence-corrected chi connectivity index (χ0v) is 7.12. The van der Waals surface area contributed by atoms with E-state index < -0.39 is 0 Å². The van der Waals surface area contributed by atoms with Gasteiger partial charge >= 0.3 is 0 Å². The molecule has 4 nitrogen and oxygen atoms in total. The van der Waals surface area contributed by atoms with Gasteiger partial charge in [-0.1, -0.05) is 18.2 Å². The molecule has 0 amide bonds. The second-order valence-electron chi connectivity index (χ2n) is 2.07. The molecule has 0 unspecified atom stereocenters. The van der Waals surface area contributed by atoms with Crippen LogP contribution in [0.3, 0.4) is 0 Å². The summed E-state index contributed by atoms with van der Waals surface area (Å²) >= 11 is 4.70. The summed E-state index contributed by atoms with van der Waals surface area (Å²) in [7, 11) is 0. The monoisotopic (exact) mass is 183 g/mol. The smallest absolute Gasteiger partial charge is 0.197 e. The van der Waals surface area contributed by atoms with Crippen molar-refractivity contribution in [2.24, 2.45) is 11.6 Å². The third kappa shape index (κ3) is 1.91. The Morgan fingerprint density at radius 1 is 1.33 bits per heavy atom. The van der Waals surface area contributed by atoms with Crippen LogP contribution >= 0.6 is 12.2 Å². The standard InChI is InChI=1S/C7H9N3OS/c8-7(12)10(11-9)6-4-2-1-3-5-6/h1-5H,9H2,(H2,8,12). The van der Waals surface area contributed by atoms with Crippen molar-refractivity contribution in [3.8, 4) is 0 Å². The third-order valence-corrected chi connectivity index (χ3v) is 1.46. The van der Waals surface area contributed by atoms with Gasteiger partial charge in [0.1, 0.15) is 0 Å². The molecule has 0 saturated carbocycles. The molecule has 0 saturated heterocycles. The molecule has 0 aliphatic carbocycles. The van der Waals surface area contributed by atoms with E-state index in [9.17, 15) is 0 Å². The fourth-order valence-electron chi connectivity index (χ4n) is 0.803. The van der Waals surface area contributed by atoms with Crippen LogP contribution in [0.4, 0.5) is 5.69 Å². The van der Waals surface area contributed by atoms with Gasteiger partial charge < -0.3 is 5.73 Å². The van der Waals surface area contributed by atoms with E-state index in [-0.39, 0.29) is 5.11 Å². The first-order valence-electron chi connectivity index (χ1n) is 3.27. The number of anilines is 1. The van der Waals surface area contributed by atoms with Crippen molar-refractivity contribution < 1.29 is 4.94 Å². The number of para-hydroxylation sites is 1. The zero-order chi connectivity index (χ0) is 8.97. The number of rotatable bonds is 2. The maximum Gasteiger partial charge on any atom is 0.197 e. The minimum absolute atomic E-state index is 0.0729. The van der Waals surface area contributed by atoms with Crippen LogP contribution in [0.5, 0.6) is 0 Å². The lowest BCUT2D eigenvalue weighted by Gasteiger charge is -2.17. The Kier molecular flexibility index (Phi) is 2.98. The van der Waals surface area contributed by atoms with Crippen LogP contribution in [0.1, 0.15) is 0 Å². The van der Waals surface area contributed by atoms with Gasteiger partial charge in [0, 0.05) is 0 Å². The highest BCUT2D eigenvalue weighted by molar-refractivity contribution is 7.80. The number of thiocarbonyl (C=S) groups is 1. The fraction of sp³-hybridized carbons (Fsp3) is 0. The highest BCUT2D eigenvalue weighted by atomic mass is 32.1. The molecule has 12 heavy (non-hydrogen) atoms. The van der Waals surface area contributed by atoms with Gasteiger partial charge in [-0.15, -0.1) is 0 Å². The van der Waals surface area contributed by atoms with Crippen LogP contribution in [0.15, 0.2) is 30.3 Å². The predicted octanol–water partition coefficient (Wildman–Crippen LogP) is 0.542. The number of hydrogen-bond acceptors (Lipinski definition) is 3. The summed E-state index contributed by atoms with van der Waals surface area (Å²) in [5.41, 5.74) is 6.03. The van der Waals surface area contributed by atoms with Crippen molar-refractivity contribution in [3.05, 3.63) is 30.3 Å². The Labute approximate surface area is 75.6 Å². The van der Waals surface area contributed by atoms with Gasteiger partial charge in [-0.2, -0.15) is 15.9 Å². The van der Waals surface area contributed by atoms with Crippen molar-refractivity contribution in [3.63, 3.8) is 0 Å². The first-order valence-corrected chi connectivity index (χ1v) is 3.68. The SMILES string of the molecule is NON(C(N)=S)c1ccccc1. The normalized spacial score (nSPS) is 9.42. The number of hydrogen-bond donors (Lipinski definition) is 2. The molecule has 0 spiro atoms. The maximum atomic E-state index is 5.33. The molecule has 1 aromatic rings. The molecule has 0 aliphatic rings. The Morgan fingerprint density at radius 3 is 2.33 bits per heavy atom. The van der Waals surface area contributed by atoms with E-state index in [2.05, 4.69) is 4.94 Å². The highest BCUT2D eigenvalue weighted by Gasteiger charge is 2.06. The topological polar surface area (TPSA) is 64.5 Å². The average Bonchev–Trinajstić information content (AvgIpc) is 2.07. The molecule has 0 atom stereocenters. The van der Waals surface area contributed by atoms with Crippen molar-refractivity contribution >= 4 is 23.0 Å². The second-order valence-corrected chi connectivity index (χ2v) is 2.49. The van der Waals surface area contributed by atoms with Gasteiger partial charge in [0.05, 0.1) is 5.69 Å². The van der Waals surface area contributed by atoms with E-state index in [1.54, 1.807) is 12.1 Å². The van der Waals surface area contributed by atoms with Crippen LogP contribution in [0.25, 0.3) is 0 Å². The lowest BCUT2D eigenvalue weighted by Crippen LogP contribution is -2.37. The van der Waals surface area contributed by atoms with Crippen LogP contribution in [-0.2, 0) is 4.94 Å². The molecule has 1 rings (SSSR count). The van der Waals surface area contributed by atoms with Gasteiger partial charge in [-0.3, -0.25) is 0 Å². The van der Waals surface area contributed by atoms with Crippen LogP contribution in [0.2, 0.25) is 0 Å². The molecule has 64 valence electrons. The minimum atomic E-state index is 0.0729.